The topological polar surface area (TPSA) is 123 Å². The average Bonchev–Trinajstić information content (AvgIpc) is 3.12. The number of anilines is 1. The Labute approximate surface area is 145 Å². The van der Waals surface area contributed by atoms with Crippen LogP contribution in [0.15, 0.2) is 18.2 Å². The Hall–Kier alpha value is -2.49. The van der Waals surface area contributed by atoms with Gasteiger partial charge in [-0.25, -0.2) is 13.2 Å². The van der Waals surface area contributed by atoms with Crippen LogP contribution in [0.1, 0.15) is 13.3 Å². The molecule has 3 rings (SSSR count). The zero-order chi connectivity index (χ0) is 18.0. The molecule has 1 aromatic carbocycles. The number of nitrogens with one attached hydrogen (secondary N) is 3. The van der Waals surface area contributed by atoms with Crippen LogP contribution in [-0.2, 0) is 14.6 Å². The molecule has 3 N–H and O–H groups in total. The van der Waals surface area contributed by atoms with Crippen LogP contribution >= 0.6 is 0 Å². The molecule has 2 unspecified atom stereocenters. The highest BCUT2D eigenvalue weighted by Gasteiger charge is 2.29. The number of hydrogen-bond acceptors (Lipinski definition) is 6. The van der Waals surface area contributed by atoms with Crippen molar-refractivity contribution in [1.29, 1.82) is 0 Å². The maximum atomic E-state index is 12.2. The summed E-state index contributed by atoms with van der Waals surface area (Å²) in [7, 11) is -3.08. The molecule has 2 atom stereocenters. The van der Waals surface area contributed by atoms with Crippen LogP contribution in [0.4, 0.5) is 10.5 Å². The molecular formula is C15H19N3O6S. The first-order valence-electron chi connectivity index (χ1n) is 7.80. The molecule has 136 valence electrons. The number of rotatable bonds is 4. The van der Waals surface area contributed by atoms with Gasteiger partial charge >= 0.3 is 6.03 Å². The molecule has 1 aromatic rings. The minimum atomic E-state index is -3.08. The highest BCUT2D eigenvalue weighted by atomic mass is 32.2. The summed E-state index contributed by atoms with van der Waals surface area (Å²) in [5, 5.41) is 7.74. The normalized spacial score (nSPS) is 21.4. The molecule has 2 aliphatic rings. The third-order valence-corrected chi connectivity index (χ3v) is 5.72. The molecule has 0 aliphatic carbocycles. The molecule has 0 radical (unpaired) electrons. The lowest BCUT2D eigenvalue weighted by Crippen LogP contribution is -2.49. The Bertz CT molecular complexity index is 794. The van der Waals surface area contributed by atoms with E-state index in [2.05, 4.69) is 16.0 Å². The molecule has 0 aromatic heterocycles. The number of fused-ring (bicyclic) bond motifs is 1. The summed E-state index contributed by atoms with van der Waals surface area (Å²) in [6.45, 7) is 1.68. The first-order chi connectivity index (χ1) is 11.8. The number of amides is 3. The molecule has 9 nitrogen and oxygen atoms in total. The monoisotopic (exact) mass is 369 g/mol. The van der Waals surface area contributed by atoms with Crippen molar-refractivity contribution in [2.75, 3.05) is 23.6 Å². The Morgan fingerprint density at radius 1 is 1.24 bits per heavy atom. The number of carbonyl (C=O) groups is 2. The van der Waals surface area contributed by atoms with Gasteiger partial charge in [-0.1, -0.05) is 0 Å². The fourth-order valence-electron chi connectivity index (χ4n) is 2.62. The molecule has 0 bridgehead atoms. The first-order valence-corrected chi connectivity index (χ1v) is 9.62. The maximum absolute atomic E-state index is 12.2. The number of sulfone groups is 1. The second kappa shape index (κ2) is 6.79. The third kappa shape index (κ3) is 4.32. The third-order valence-electron chi connectivity index (χ3n) is 3.95. The Morgan fingerprint density at radius 3 is 2.72 bits per heavy atom. The second-order valence-electron chi connectivity index (χ2n) is 6.00. The number of ether oxygens (including phenoxy) is 2. The minimum Gasteiger partial charge on any atom is -0.454 e. The Morgan fingerprint density at radius 2 is 2.00 bits per heavy atom. The van der Waals surface area contributed by atoms with Crippen LogP contribution in [0, 0.1) is 0 Å². The zero-order valence-electron chi connectivity index (χ0n) is 13.6. The van der Waals surface area contributed by atoms with Gasteiger partial charge in [0.15, 0.2) is 21.3 Å². The summed E-state index contributed by atoms with van der Waals surface area (Å²) in [5.74, 6) is 0.734. The van der Waals surface area contributed by atoms with Gasteiger partial charge in [-0.05, 0) is 25.5 Å². The number of benzene rings is 1. The second-order valence-corrected chi connectivity index (χ2v) is 8.23. The summed E-state index contributed by atoms with van der Waals surface area (Å²) in [5.41, 5.74) is 0.519. The minimum absolute atomic E-state index is 0.0676. The van der Waals surface area contributed by atoms with E-state index < -0.39 is 33.9 Å². The van der Waals surface area contributed by atoms with E-state index >= 15 is 0 Å². The smallest absolute Gasteiger partial charge is 0.315 e. The van der Waals surface area contributed by atoms with Crippen molar-refractivity contribution in [3.05, 3.63) is 18.2 Å². The molecular weight excluding hydrogens is 350 g/mol. The SMILES string of the molecule is CC(NC(=O)NC1CCS(=O)(=O)C1)C(=O)Nc1ccc2c(c1)OCO2. The lowest BCUT2D eigenvalue weighted by molar-refractivity contribution is -0.117. The average molecular weight is 369 g/mol. The van der Waals surface area contributed by atoms with E-state index in [0.29, 0.717) is 23.6 Å². The number of urea groups is 1. The molecule has 2 aliphatic heterocycles. The molecule has 3 amide bonds. The van der Waals surface area contributed by atoms with Gasteiger partial charge in [0.25, 0.3) is 0 Å². The highest BCUT2D eigenvalue weighted by Crippen LogP contribution is 2.34. The Balaban J connectivity index is 1.49. The van der Waals surface area contributed by atoms with Crippen LogP contribution in [0.5, 0.6) is 11.5 Å². The number of hydrogen-bond donors (Lipinski definition) is 3. The van der Waals surface area contributed by atoms with E-state index in [4.69, 9.17) is 9.47 Å². The van der Waals surface area contributed by atoms with Gasteiger partial charge in [0, 0.05) is 17.8 Å². The lowest BCUT2D eigenvalue weighted by Gasteiger charge is -2.17. The summed E-state index contributed by atoms with van der Waals surface area (Å²) in [6, 6.07) is 3.19. The van der Waals surface area contributed by atoms with Gasteiger partial charge < -0.3 is 25.4 Å². The van der Waals surface area contributed by atoms with E-state index in [1.54, 1.807) is 18.2 Å². The van der Waals surface area contributed by atoms with Crippen molar-refractivity contribution in [3.63, 3.8) is 0 Å². The summed E-state index contributed by atoms with van der Waals surface area (Å²) in [4.78, 5) is 24.1. The van der Waals surface area contributed by atoms with E-state index in [-0.39, 0.29) is 18.3 Å². The van der Waals surface area contributed by atoms with E-state index in [0.717, 1.165) is 0 Å². The molecule has 1 fully saturated rings. The Kier molecular flexibility index (Phi) is 4.71. The molecule has 1 saturated heterocycles. The quantitative estimate of drug-likeness (QED) is 0.698. The molecule has 2 heterocycles. The lowest BCUT2D eigenvalue weighted by atomic mass is 10.2. The number of carbonyl (C=O) groups excluding carboxylic acids is 2. The van der Waals surface area contributed by atoms with Gasteiger partial charge in [-0.2, -0.15) is 0 Å². The fraction of sp³-hybridized carbons (Fsp3) is 0.467. The van der Waals surface area contributed by atoms with Crippen molar-refractivity contribution in [3.8, 4) is 11.5 Å². The standard InChI is InChI=1S/C15H19N3O6S/c1-9(16-15(20)18-11-4-5-25(21,22)7-11)14(19)17-10-2-3-12-13(6-10)24-8-23-12/h2-3,6,9,11H,4-5,7-8H2,1H3,(H,17,19)(H2,16,18,20). The maximum Gasteiger partial charge on any atom is 0.315 e. The molecule has 0 saturated carbocycles. The van der Waals surface area contributed by atoms with Crippen molar-refractivity contribution in [2.45, 2.75) is 25.4 Å². The van der Waals surface area contributed by atoms with Gasteiger partial charge in [0.05, 0.1) is 11.5 Å². The van der Waals surface area contributed by atoms with Crippen LogP contribution in [0.2, 0.25) is 0 Å². The molecule has 0 spiro atoms. The van der Waals surface area contributed by atoms with Crippen molar-refractivity contribution >= 4 is 27.5 Å². The summed E-state index contributed by atoms with van der Waals surface area (Å²) >= 11 is 0. The van der Waals surface area contributed by atoms with Crippen LogP contribution in [0.3, 0.4) is 0 Å². The van der Waals surface area contributed by atoms with E-state index in [1.807, 2.05) is 0 Å². The molecule has 10 heteroatoms. The van der Waals surface area contributed by atoms with Crippen molar-refractivity contribution in [2.24, 2.45) is 0 Å². The van der Waals surface area contributed by atoms with Gasteiger partial charge in [0.2, 0.25) is 12.7 Å². The van der Waals surface area contributed by atoms with Gasteiger partial charge in [0.1, 0.15) is 6.04 Å². The van der Waals surface area contributed by atoms with Gasteiger partial charge in [-0.15, -0.1) is 0 Å². The van der Waals surface area contributed by atoms with E-state index in [9.17, 15) is 18.0 Å². The van der Waals surface area contributed by atoms with Crippen molar-refractivity contribution in [1.82, 2.24) is 10.6 Å². The predicted molar refractivity (Wildman–Crippen MR) is 89.4 cm³/mol. The van der Waals surface area contributed by atoms with Crippen LogP contribution in [-0.4, -0.2) is 50.7 Å². The van der Waals surface area contributed by atoms with Crippen molar-refractivity contribution < 1.29 is 27.5 Å². The highest BCUT2D eigenvalue weighted by molar-refractivity contribution is 7.91. The van der Waals surface area contributed by atoms with Crippen LogP contribution in [0.25, 0.3) is 0 Å². The first kappa shape index (κ1) is 17.3. The molecule has 25 heavy (non-hydrogen) atoms. The summed E-state index contributed by atoms with van der Waals surface area (Å²) < 4.78 is 33.2. The largest absolute Gasteiger partial charge is 0.454 e. The fourth-order valence-corrected chi connectivity index (χ4v) is 4.30. The predicted octanol–water partition coefficient (Wildman–Crippen LogP) is 0.229. The van der Waals surface area contributed by atoms with Gasteiger partial charge in [-0.3, -0.25) is 4.79 Å². The van der Waals surface area contributed by atoms with Crippen LogP contribution < -0.4 is 25.4 Å². The summed E-state index contributed by atoms with van der Waals surface area (Å²) in [6.07, 6.45) is 0.382. The van der Waals surface area contributed by atoms with E-state index in [1.165, 1.54) is 6.92 Å². The zero-order valence-corrected chi connectivity index (χ0v) is 14.4.